The number of hydrogen-bond donors (Lipinski definition) is 1. The molecule has 0 aromatic carbocycles. The lowest BCUT2D eigenvalue weighted by atomic mass is 9.85. The van der Waals surface area contributed by atoms with E-state index in [0.29, 0.717) is 19.4 Å². The van der Waals surface area contributed by atoms with Crippen LogP contribution >= 0.6 is 0 Å². The van der Waals surface area contributed by atoms with Crippen LogP contribution in [0.3, 0.4) is 0 Å². The molecule has 1 aliphatic heterocycles. The molecule has 1 heterocycles. The van der Waals surface area contributed by atoms with Gasteiger partial charge in [0.25, 0.3) is 0 Å². The van der Waals surface area contributed by atoms with E-state index in [9.17, 15) is 15.2 Å². The Morgan fingerprint density at radius 1 is 1.41 bits per heavy atom. The van der Waals surface area contributed by atoms with Crippen LogP contribution in [0.4, 0.5) is 0 Å². The van der Waals surface area contributed by atoms with Gasteiger partial charge in [0.2, 0.25) is 5.91 Å². The van der Waals surface area contributed by atoms with Crippen LogP contribution in [0.1, 0.15) is 38.5 Å². The molecule has 0 aromatic heterocycles. The first-order valence-corrected chi connectivity index (χ1v) is 6.53. The SMILES string of the molecule is N#CC1(C(=O)N2CCCC(CO)C2)CCCC1. The van der Waals surface area contributed by atoms with Gasteiger partial charge in [-0.05, 0) is 31.6 Å². The molecule has 4 nitrogen and oxygen atoms in total. The minimum atomic E-state index is -0.753. The molecule has 17 heavy (non-hydrogen) atoms. The van der Waals surface area contributed by atoms with Crippen LogP contribution in [0.5, 0.6) is 0 Å². The Labute approximate surface area is 102 Å². The van der Waals surface area contributed by atoms with Gasteiger partial charge in [0.05, 0.1) is 6.07 Å². The van der Waals surface area contributed by atoms with Gasteiger partial charge in [0.1, 0.15) is 5.41 Å². The normalized spacial score (nSPS) is 27.8. The van der Waals surface area contributed by atoms with Crippen LogP contribution in [0.2, 0.25) is 0 Å². The summed E-state index contributed by atoms with van der Waals surface area (Å²) >= 11 is 0. The Kier molecular flexibility index (Phi) is 3.68. The highest BCUT2D eigenvalue weighted by Crippen LogP contribution is 2.39. The third-order valence-corrected chi connectivity index (χ3v) is 4.14. The number of nitrogens with zero attached hydrogens (tertiary/aromatic N) is 2. The Balaban J connectivity index is 2.06. The largest absolute Gasteiger partial charge is 0.396 e. The highest BCUT2D eigenvalue weighted by atomic mass is 16.3. The fraction of sp³-hybridized carbons (Fsp3) is 0.846. The second-order valence-electron chi connectivity index (χ2n) is 5.34. The summed E-state index contributed by atoms with van der Waals surface area (Å²) in [5.41, 5.74) is -0.753. The lowest BCUT2D eigenvalue weighted by molar-refractivity contribution is -0.141. The molecule has 2 aliphatic rings. The molecule has 0 bridgehead atoms. The highest BCUT2D eigenvalue weighted by molar-refractivity contribution is 5.85. The van der Waals surface area contributed by atoms with Crippen LogP contribution in [-0.2, 0) is 4.79 Å². The van der Waals surface area contributed by atoms with Gasteiger partial charge in [0.15, 0.2) is 0 Å². The van der Waals surface area contributed by atoms with Crippen LogP contribution < -0.4 is 0 Å². The summed E-state index contributed by atoms with van der Waals surface area (Å²) in [5.74, 6) is 0.209. The third kappa shape index (κ3) is 2.30. The number of amides is 1. The molecule has 0 aromatic rings. The van der Waals surface area contributed by atoms with Crippen molar-refractivity contribution in [3.05, 3.63) is 0 Å². The fourth-order valence-corrected chi connectivity index (χ4v) is 3.05. The van der Waals surface area contributed by atoms with E-state index in [1.54, 1.807) is 4.90 Å². The molecular weight excluding hydrogens is 216 g/mol. The summed E-state index contributed by atoms with van der Waals surface area (Å²) in [4.78, 5) is 14.2. The van der Waals surface area contributed by atoms with E-state index in [0.717, 1.165) is 32.2 Å². The molecule has 1 aliphatic carbocycles. The summed E-state index contributed by atoms with van der Waals surface area (Å²) in [6, 6.07) is 2.25. The standard InChI is InChI=1S/C13H20N2O2/c14-10-13(5-1-2-6-13)12(17)15-7-3-4-11(8-15)9-16/h11,16H,1-9H2. The number of hydrogen-bond acceptors (Lipinski definition) is 3. The summed E-state index contributed by atoms with van der Waals surface area (Å²) in [5, 5.41) is 18.5. The van der Waals surface area contributed by atoms with Gasteiger partial charge in [-0.2, -0.15) is 5.26 Å². The zero-order chi connectivity index (χ0) is 12.3. The Morgan fingerprint density at radius 2 is 2.12 bits per heavy atom. The maximum absolute atomic E-state index is 12.4. The first kappa shape index (κ1) is 12.4. The van der Waals surface area contributed by atoms with Crippen molar-refractivity contribution in [2.45, 2.75) is 38.5 Å². The van der Waals surface area contributed by atoms with Crippen molar-refractivity contribution in [3.8, 4) is 6.07 Å². The number of carbonyl (C=O) groups is 1. The van der Waals surface area contributed by atoms with Gasteiger partial charge < -0.3 is 10.0 Å². The maximum atomic E-state index is 12.4. The number of likely N-dealkylation sites (tertiary alicyclic amines) is 1. The average molecular weight is 236 g/mol. The zero-order valence-corrected chi connectivity index (χ0v) is 10.2. The minimum Gasteiger partial charge on any atom is -0.396 e. The number of rotatable bonds is 2. The van der Waals surface area contributed by atoms with Crippen LogP contribution in [0.15, 0.2) is 0 Å². The first-order valence-electron chi connectivity index (χ1n) is 6.53. The molecule has 1 amide bonds. The lowest BCUT2D eigenvalue weighted by Gasteiger charge is -2.35. The molecule has 1 unspecified atom stereocenters. The Hall–Kier alpha value is -1.08. The van der Waals surface area contributed by atoms with E-state index < -0.39 is 5.41 Å². The van der Waals surface area contributed by atoms with E-state index in [1.807, 2.05) is 0 Å². The van der Waals surface area contributed by atoms with E-state index in [2.05, 4.69) is 6.07 Å². The van der Waals surface area contributed by atoms with E-state index in [-0.39, 0.29) is 18.4 Å². The Bertz CT molecular complexity index is 329. The van der Waals surface area contributed by atoms with Gasteiger partial charge in [-0.25, -0.2) is 0 Å². The van der Waals surface area contributed by atoms with Gasteiger partial charge in [-0.3, -0.25) is 4.79 Å². The molecule has 1 atom stereocenters. The van der Waals surface area contributed by atoms with Crippen LogP contribution in [-0.4, -0.2) is 35.6 Å². The van der Waals surface area contributed by atoms with Crippen molar-refractivity contribution in [1.29, 1.82) is 5.26 Å². The molecule has 1 saturated heterocycles. The molecule has 0 spiro atoms. The van der Waals surface area contributed by atoms with Gasteiger partial charge >= 0.3 is 0 Å². The van der Waals surface area contributed by atoms with Gasteiger partial charge in [-0.15, -0.1) is 0 Å². The topological polar surface area (TPSA) is 64.3 Å². The predicted molar refractivity (Wildman–Crippen MR) is 62.9 cm³/mol. The lowest BCUT2D eigenvalue weighted by Crippen LogP contribution is -2.47. The molecule has 94 valence electrons. The Morgan fingerprint density at radius 3 is 2.71 bits per heavy atom. The van der Waals surface area contributed by atoms with Crippen molar-refractivity contribution >= 4 is 5.91 Å². The number of aliphatic hydroxyl groups excluding tert-OH is 1. The van der Waals surface area contributed by atoms with E-state index >= 15 is 0 Å². The maximum Gasteiger partial charge on any atom is 0.243 e. The van der Waals surface area contributed by atoms with Crippen molar-refractivity contribution in [2.24, 2.45) is 11.3 Å². The molecule has 4 heteroatoms. The number of piperidine rings is 1. The summed E-state index contributed by atoms with van der Waals surface area (Å²) in [7, 11) is 0. The summed E-state index contributed by atoms with van der Waals surface area (Å²) < 4.78 is 0. The van der Waals surface area contributed by atoms with Crippen LogP contribution in [0, 0.1) is 22.7 Å². The third-order valence-electron chi connectivity index (χ3n) is 4.14. The van der Waals surface area contributed by atoms with E-state index in [1.165, 1.54) is 0 Å². The molecule has 1 saturated carbocycles. The monoisotopic (exact) mass is 236 g/mol. The number of carbonyl (C=O) groups excluding carboxylic acids is 1. The molecule has 1 N–H and O–H groups in total. The second-order valence-corrected chi connectivity index (χ2v) is 5.34. The molecule has 2 rings (SSSR count). The van der Waals surface area contributed by atoms with Gasteiger partial charge in [-0.1, -0.05) is 12.8 Å². The zero-order valence-electron chi connectivity index (χ0n) is 10.2. The molecule has 2 fully saturated rings. The summed E-state index contributed by atoms with van der Waals surface area (Å²) in [6.07, 6.45) is 5.32. The summed E-state index contributed by atoms with van der Waals surface area (Å²) in [6.45, 7) is 1.51. The van der Waals surface area contributed by atoms with Gasteiger partial charge in [0, 0.05) is 19.7 Å². The smallest absolute Gasteiger partial charge is 0.243 e. The molecule has 0 radical (unpaired) electrons. The van der Waals surface area contributed by atoms with Crippen molar-refractivity contribution < 1.29 is 9.90 Å². The van der Waals surface area contributed by atoms with Crippen molar-refractivity contribution in [1.82, 2.24) is 4.90 Å². The first-order chi connectivity index (χ1) is 8.22. The number of nitriles is 1. The average Bonchev–Trinajstić information content (AvgIpc) is 2.88. The quantitative estimate of drug-likeness (QED) is 0.786. The predicted octanol–water partition coefficient (Wildman–Crippen LogP) is 1.30. The second kappa shape index (κ2) is 5.05. The molecular formula is C13H20N2O2. The highest BCUT2D eigenvalue weighted by Gasteiger charge is 2.44. The van der Waals surface area contributed by atoms with E-state index in [4.69, 9.17) is 0 Å². The number of aliphatic hydroxyl groups is 1. The fourth-order valence-electron chi connectivity index (χ4n) is 3.05. The van der Waals surface area contributed by atoms with Crippen LogP contribution in [0.25, 0.3) is 0 Å². The van der Waals surface area contributed by atoms with Crippen molar-refractivity contribution in [2.75, 3.05) is 19.7 Å². The van der Waals surface area contributed by atoms with Crippen molar-refractivity contribution in [3.63, 3.8) is 0 Å². The minimum absolute atomic E-state index is 0.00986.